The van der Waals surface area contributed by atoms with Crippen LogP contribution in [0.2, 0.25) is 0 Å². The Morgan fingerprint density at radius 3 is 2.75 bits per heavy atom. The molecule has 2 bridgehead atoms. The summed E-state index contributed by atoms with van der Waals surface area (Å²) in [6.07, 6.45) is 0.843. The molecule has 0 spiro atoms. The minimum Gasteiger partial charge on any atom is -0.462 e. The van der Waals surface area contributed by atoms with E-state index in [-0.39, 0.29) is 23.4 Å². The first-order valence-electron chi connectivity index (χ1n) is 5.58. The standard InChI is InChI=1S/C13H13ClO2/c1-7(15)16-11-6-10-8-4-2-3-5-9(8)12(11)13(10)14/h2-5,10-13H,6H2,1H3/t10-,11+,12+,13-/m1/s1. The van der Waals surface area contributed by atoms with Crippen LogP contribution in [0.5, 0.6) is 0 Å². The molecule has 1 saturated carbocycles. The maximum absolute atomic E-state index is 11.0. The van der Waals surface area contributed by atoms with E-state index < -0.39 is 0 Å². The second-order valence-electron chi connectivity index (χ2n) is 4.59. The van der Waals surface area contributed by atoms with E-state index in [1.165, 1.54) is 18.1 Å². The molecule has 0 unspecified atom stereocenters. The van der Waals surface area contributed by atoms with Gasteiger partial charge in [0, 0.05) is 18.8 Å². The number of fused-ring (bicyclic) bond motifs is 5. The van der Waals surface area contributed by atoms with Crippen molar-refractivity contribution in [2.45, 2.75) is 36.7 Å². The fraction of sp³-hybridized carbons (Fsp3) is 0.462. The van der Waals surface area contributed by atoms with E-state index >= 15 is 0 Å². The normalized spacial score (nSPS) is 34.9. The van der Waals surface area contributed by atoms with Gasteiger partial charge in [0.1, 0.15) is 6.10 Å². The number of benzene rings is 1. The number of carbonyl (C=O) groups excluding carboxylic acids is 1. The van der Waals surface area contributed by atoms with E-state index in [4.69, 9.17) is 16.3 Å². The second-order valence-corrected chi connectivity index (χ2v) is 5.09. The molecule has 16 heavy (non-hydrogen) atoms. The highest BCUT2D eigenvalue weighted by atomic mass is 35.5. The molecule has 0 N–H and O–H groups in total. The van der Waals surface area contributed by atoms with Crippen LogP contribution in [-0.4, -0.2) is 17.5 Å². The quantitative estimate of drug-likeness (QED) is 0.554. The van der Waals surface area contributed by atoms with Gasteiger partial charge in [-0.3, -0.25) is 4.79 Å². The van der Waals surface area contributed by atoms with Crippen LogP contribution in [0.25, 0.3) is 0 Å². The van der Waals surface area contributed by atoms with Crippen LogP contribution >= 0.6 is 11.6 Å². The fourth-order valence-electron chi connectivity index (χ4n) is 3.14. The maximum Gasteiger partial charge on any atom is 0.302 e. The van der Waals surface area contributed by atoms with Gasteiger partial charge in [0.05, 0.1) is 5.38 Å². The van der Waals surface area contributed by atoms with E-state index in [0.717, 1.165) is 6.42 Å². The smallest absolute Gasteiger partial charge is 0.302 e. The number of hydrogen-bond acceptors (Lipinski definition) is 2. The second kappa shape index (κ2) is 3.49. The van der Waals surface area contributed by atoms with Crippen molar-refractivity contribution in [3.63, 3.8) is 0 Å². The Hall–Kier alpha value is -1.02. The van der Waals surface area contributed by atoms with Gasteiger partial charge in [-0.05, 0) is 17.5 Å². The zero-order valence-corrected chi connectivity index (χ0v) is 9.78. The lowest BCUT2D eigenvalue weighted by molar-refractivity contribution is -0.146. The van der Waals surface area contributed by atoms with E-state index in [2.05, 4.69) is 12.1 Å². The van der Waals surface area contributed by atoms with Crippen molar-refractivity contribution in [1.82, 2.24) is 0 Å². The van der Waals surface area contributed by atoms with Crippen LogP contribution in [0.1, 0.15) is 36.3 Å². The lowest BCUT2D eigenvalue weighted by atomic mass is 9.90. The van der Waals surface area contributed by atoms with Crippen LogP contribution < -0.4 is 0 Å². The molecular weight excluding hydrogens is 224 g/mol. The molecule has 3 rings (SSSR count). The summed E-state index contributed by atoms with van der Waals surface area (Å²) in [6.45, 7) is 1.46. The van der Waals surface area contributed by atoms with Crippen molar-refractivity contribution in [3.8, 4) is 0 Å². The molecule has 1 aromatic rings. The zero-order valence-electron chi connectivity index (χ0n) is 9.02. The SMILES string of the molecule is CC(=O)O[C@H]1C[C@@H]2c3ccccc3[C@@H]1[C@@H]2Cl. The molecule has 0 aromatic heterocycles. The highest BCUT2D eigenvalue weighted by Gasteiger charge is 2.52. The van der Waals surface area contributed by atoms with Gasteiger partial charge >= 0.3 is 5.97 Å². The Balaban J connectivity index is 1.97. The monoisotopic (exact) mass is 236 g/mol. The summed E-state index contributed by atoms with van der Waals surface area (Å²) in [5.41, 5.74) is 2.61. The number of hydrogen-bond donors (Lipinski definition) is 0. The topological polar surface area (TPSA) is 26.3 Å². The number of halogens is 1. The first-order chi connectivity index (χ1) is 7.68. The van der Waals surface area contributed by atoms with E-state index in [9.17, 15) is 4.79 Å². The van der Waals surface area contributed by atoms with Crippen molar-refractivity contribution >= 4 is 17.6 Å². The summed E-state index contributed by atoms with van der Waals surface area (Å²) in [4.78, 5) is 11.0. The summed E-state index contributed by atoms with van der Waals surface area (Å²) >= 11 is 6.43. The average Bonchev–Trinajstić information content (AvgIpc) is 2.69. The van der Waals surface area contributed by atoms with E-state index in [0.29, 0.717) is 5.92 Å². The molecule has 2 aliphatic rings. The number of ether oxygens (including phenoxy) is 1. The molecule has 3 heteroatoms. The molecular formula is C13H13ClO2. The summed E-state index contributed by atoms with van der Waals surface area (Å²) in [5, 5.41) is 0.0850. The van der Waals surface area contributed by atoms with Crippen LogP contribution in [0, 0.1) is 0 Å². The third-order valence-corrected chi connectivity index (χ3v) is 4.26. The van der Waals surface area contributed by atoms with Gasteiger partial charge < -0.3 is 4.74 Å². The third kappa shape index (κ3) is 1.29. The van der Waals surface area contributed by atoms with Crippen molar-refractivity contribution in [1.29, 1.82) is 0 Å². The summed E-state index contributed by atoms with van der Waals surface area (Å²) in [5.74, 6) is 0.331. The molecule has 0 radical (unpaired) electrons. The van der Waals surface area contributed by atoms with Gasteiger partial charge in [0.2, 0.25) is 0 Å². The molecule has 0 saturated heterocycles. The predicted octanol–water partition coefficient (Wildman–Crippen LogP) is 2.81. The van der Waals surface area contributed by atoms with Gasteiger partial charge in [0.15, 0.2) is 0 Å². The van der Waals surface area contributed by atoms with E-state index in [1.807, 2.05) is 12.1 Å². The number of rotatable bonds is 1. The zero-order chi connectivity index (χ0) is 11.3. The summed E-state index contributed by atoms with van der Waals surface area (Å²) in [6, 6.07) is 8.31. The van der Waals surface area contributed by atoms with Crippen molar-refractivity contribution in [2.24, 2.45) is 0 Å². The van der Waals surface area contributed by atoms with Crippen molar-refractivity contribution < 1.29 is 9.53 Å². The minimum absolute atomic E-state index is 0.0279. The Morgan fingerprint density at radius 2 is 2.06 bits per heavy atom. The largest absolute Gasteiger partial charge is 0.462 e. The molecule has 84 valence electrons. The van der Waals surface area contributed by atoms with Gasteiger partial charge in [-0.25, -0.2) is 0 Å². The maximum atomic E-state index is 11.0. The Bertz CT molecular complexity index is 443. The molecule has 0 amide bonds. The van der Waals surface area contributed by atoms with Gasteiger partial charge in [0.25, 0.3) is 0 Å². The average molecular weight is 237 g/mol. The van der Waals surface area contributed by atoms with Crippen molar-refractivity contribution in [2.75, 3.05) is 0 Å². The first kappa shape index (κ1) is 10.2. The molecule has 1 aromatic carbocycles. The van der Waals surface area contributed by atoms with E-state index in [1.54, 1.807) is 0 Å². The minimum atomic E-state index is -0.209. The lowest BCUT2D eigenvalue weighted by Gasteiger charge is -2.23. The molecule has 0 heterocycles. The highest BCUT2D eigenvalue weighted by molar-refractivity contribution is 6.22. The first-order valence-corrected chi connectivity index (χ1v) is 6.02. The summed E-state index contributed by atoms with van der Waals surface area (Å²) in [7, 11) is 0. The number of alkyl halides is 1. The predicted molar refractivity (Wildman–Crippen MR) is 61.7 cm³/mol. The highest BCUT2D eigenvalue weighted by Crippen LogP contribution is 2.56. The van der Waals surface area contributed by atoms with Gasteiger partial charge in [-0.2, -0.15) is 0 Å². The molecule has 2 aliphatic carbocycles. The number of esters is 1. The Kier molecular flexibility index (Phi) is 2.21. The van der Waals surface area contributed by atoms with Gasteiger partial charge in [-0.1, -0.05) is 24.3 Å². The van der Waals surface area contributed by atoms with Crippen molar-refractivity contribution in [3.05, 3.63) is 35.4 Å². The lowest BCUT2D eigenvalue weighted by Crippen LogP contribution is -2.23. The number of carbonyl (C=O) groups is 1. The summed E-state index contributed by atoms with van der Waals surface area (Å²) < 4.78 is 5.35. The molecule has 1 fully saturated rings. The Labute approximate surface area is 99.6 Å². The van der Waals surface area contributed by atoms with Crippen LogP contribution in [0.15, 0.2) is 24.3 Å². The third-order valence-electron chi connectivity index (χ3n) is 3.69. The molecule has 2 nitrogen and oxygen atoms in total. The Morgan fingerprint density at radius 1 is 1.38 bits per heavy atom. The van der Waals surface area contributed by atoms with Crippen LogP contribution in [0.3, 0.4) is 0 Å². The van der Waals surface area contributed by atoms with Gasteiger partial charge in [-0.15, -0.1) is 11.6 Å². The van der Waals surface area contributed by atoms with Crippen LogP contribution in [0.4, 0.5) is 0 Å². The fourth-order valence-corrected chi connectivity index (χ4v) is 3.68. The van der Waals surface area contributed by atoms with Crippen LogP contribution in [-0.2, 0) is 9.53 Å². The molecule has 4 atom stereocenters. The molecule has 0 aliphatic heterocycles.